The molecule has 0 N–H and O–H groups in total. The first kappa shape index (κ1) is 24.2. The monoisotopic (exact) mass is 449 g/mol. The molecule has 1 aliphatic rings. The van der Waals surface area contributed by atoms with Crippen molar-refractivity contribution >= 4 is 17.8 Å². The molecule has 1 heterocycles. The van der Waals surface area contributed by atoms with Crippen molar-refractivity contribution in [2.24, 2.45) is 5.92 Å². The Kier molecular flexibility index (Phi) is 7.69. The predicted molar refractivity (Wildman–Crippen MR) is 125 cm³/mol. The third-order valence-corrected chi connectivity index (χ3v) is 5.75. The lowest BCUT2D eigenvalue weighted by molar-refractivity contribution is -0.141. The fourth-order valence-electron chi connectivity index (χ4n) is 4.01. The van der Waals surface area contributed by atoms with Crippen LogP contribution in [-0.4, -0.2) is 36.5 Å². The molecule has 0 saturated heterocycles. The van der Waals surface area contributed by atoms with Crippen LogP contribution in [0.15, 0.2) is 59.8 Å². The number of methoxy groups -OCH3 is 1. The Morgan fingerprint density at radius 3 is 2.36 bits per heavy atom. The summed E-state index contributed by atoms with van der Waals surface area (Å²) in [4.78, 5) is 39.7. The predicted octanol–water partition coefficient (Wildman–Crippen LogP) is 4.77. The molecule has 0 aromatic heterocycles. The Labute approximate surface area is 195 Å². The van der Waals surface area contributed by atoms with Crippen molar-refractivity contribution in [1.29, 1.82) is 0 Å². The molecular formula is C27H31NO5. The highest BCUT2D eigenvalue weighted by molar-refractivity contribution is 5.96. The summed E-state index contributed by atoms with van der Waals surface area (Å²) in [6.07, 6.45) is 0.188. The van der Waals surface area contributed by atoms with Gasteiger partial charge >= 0.3 is 11.9 Å². The number of aryl methyl sites for hydroxylation is 1. The molecule has 2 aromatic carbocycles. The summed E-state index contributed by atoms with van der Waals surface area (Å²) in [6.45, 7) is 8.38. The molecular weight excluding hydrogens is 418 g/mol. The fraction of sp³-hybridized carbons (Fsp3) is 0.370. The summed E-state index contributed by atoms with van der Waals surface area (Å²) >= 11 is 0. The highest BCUT2D eigenvalue weighted by Crippen LogP contribution is 2.38. The number of benzene rings is 2. The van der Waals surface area contributed by atoms with Gasteiger partial charge in [-0.1, -0.05) is 55.8 Å². The molecule has 0 bridgehead atoms. The summed E-state index contributed by atoms with van der Waals surface area (Å²) in [5, 5.41) is 0. The van der Waals surface area contributed by atoms with Crippen molar-refractivity contribution < 1.29 is 23.9 Å². The lowest BCUT2D eigenvalue weighted by Gasteiger charge is -2.34. The van der Waals surface area contributed by atoms with Gasteiger partial charge in [0.1, 0.15) is 0 Å². The molecule has 0 fully saturated rings. The van der Waals surface area contributed by atoms with E-state index in [-0.39, 0.29) is 30.1 Å². The maximum Gasteiger partial charge on any atom is 0.337 e. The van der Waals surface area contributed by atoms with Crippen LogP contribution in [0.1, 0.15) is 60.2 Å². The van der Waals surface area contributed by atoms with Gasteiger partial charge in [0.05, 0.1) is 31.4 Å². The van der Waals surface area contributed by atoms with Crippen molar-refractivity contribution in [1.82, 2.24) is 4.90 Å². The number of nitrogens with zero attached hydrogens (tertiary/aromatic N) is 1. The maximum atomic E-state index is 13.2. The summed E-state index contributed by atoms with van der Waals surface area (Å²) < 4.78 is 10.3. The van der Waals surface area contributed by atoms with Crippen molar-refractivity contribution in [3.8, 4) is 0 Å². The number of esters is 2. The Bertz CT molecular complexity index is 1070. The molecule has 174 valence electrons. The number of rotatable bonds is 7. The first-order chi connectivity index (χ1) is 15.7. The molecule has 6 nitrogen and oxygen atoms in total. The van der Waals surface area contributed by atoms with E-state index in [1.807, 2.05) is 45.0 Å². The van der Waals surface area contributed by atoms with Crippen LogP contribution in [0.25, 0.3) is 0 Å². The third kappa shape index (κ3) is 5.69. The van der Waals surface area contributed by atoms with Gasteiger partial charge in [0, 0.05) is 18.0 Å². The zero-order valence-electron chi connectivity index (χ0n) is 19.9. The van der Waals surface area contributed by atoms with Crippen LogP contribution in [-0.2, 0) is 25.6 Å². The van der Waals surface area contributed by atoms with Crippen molar-refractivity contribution in [2.45, 2.75) is 46.6 Å². The number of hydrogen-bond donors (Lipinski definition) is 0. The Morgan fingerprint density at radius 1 is 1.06 bits per heavy atom. The quantitative estimate of drug-likeness (QED) is 0.569. The molecule has 6 heteroatoms. The second kappa shape index (κ2) is 10.5. The zero-order chi connectivity index (χ0) is 24.1. The Hall–Kier alpha value is -3.41. The Morgan fingerprint density at radius 2 is 1.76 bits per heavy atom. The van der Waals surface area contributed by atoms with Crippen molar-refractivity contribution in [3.05, 3.63) is 82.1 Å². The van der Waals surface area contributed by atoms with Gasteiger partial charge < -0.3 is 14.4 Å². The molecule has 0 radical (unpaired) electrons. The number of carbonyl (C=O) groups excluding carboxylic acids is 3. The minimum absolute atomic E-state index is 0.0588. The molecule has 3 rings (SSSR count). The van der Waals surface area contributed by atoms with Crippen LogP contribution in [0.3, 0.4) is 0 Å². The van der Waals surface area contributed by atoms with Crippen LogP contribution >= 0.6 is 0 Å². The van der Waals surface area contributed by atoms with Gasteiger partial charge in [-0.2, -0.15) is 0 Å². The van der Waals surface area contributed by atoms with Crippen LogP contribution in [0.5, 0.6) is 0 Å². The van der Waals surface area contributed by atoms with Gasteiger partial charge in [-0.3, -0.25) is 4.79 Å². The van der Waals surface area contributed by atoms with Gasteiger partial charge in [-0.15, -0.1) is 0 Å². The first-order valence-corrected chi connectivity index (χ1v) is 11.1. The largest absolute Gasteiger partial charge is 0.465 e. The minimum Gasteiger partial charge on any atom is -0.465 e. The molecule has 0 saturated carbocycles. The van der Waals surface area contributed by atoms with E-state index in [9.17, 15) is 14.4 Å². The minimum atomic E-state index is -0.414. The molecule has 1 amide bonds. The topological polar surface area (TPSA) is 72.9 Å². The summed E-state index contributed by atoms with van der Waals surface area (Å²) in [6, 6.07) is 14.8. The molecule has 33 heavy (non-hydrogen) atoms. The van der Waals surface area contributed by atoms with Crippen LogP contribution in [0.2, 0.25) is 0 Å². The van der Waals surface area contributed by atoms with Crippen molar-refractivity contribution in [2.75, 3.05) is 13.7 Å². The SMILES string of the molecule is COC(=O)c1ccc(CN2C(=O)CC(c3cccc(C)c3)C(C(=O)OCC(C)C)=C2C)cc1. The lowest BCUT2D eigenvalue weighted by Crippen LogP contribution is -2.38. The molecule has 0 aliphatic carbocycles. The first-order valence-electron chi connectivity index (χ1n) is 11.1. The third-order valence-electron chi connectivity index (χ3n) is 5.75. The number of allylic oxidation sites excluding steroid dienone is 1. The molecule has 0 spiro atoms. The van der Waals surface area contributed by atoms with Crippen LogP contribution < -0.4 is 0 Å². The van der Waals surface area contributed by atoms with Gasteiger partial charge in [0.15, 0.2) is 0 Å². The molecule has 1 unspecified atom stereocenters. The molecule has 1 aliphatic heterocycles. The van der Waals surface area contributed by atoms with E-state index >= 15 is 0 Å². The smallest absolute Gasteiger partial charge is 0.337 e. The summed E-state index contributed by atoms with van der Waals surface area (Å²) in [7, 11) is 1.33. The standard InChI is InChI=1S/C27H31NO5/c1-17(2)16-33-27(31)25-19(4)28(15-20-9-11-21(12-10-20)26(30)32-5)24(29)14-23(25)22-8-6-7-18(3)13-22/h6-13,17,23H,14-16H2,1-5H3. The normalized spacial score (nSPS) is 16.2. The van der Waals surface area contributed by atoms with Gasteiger partial charge in [-0.05, 0) is 43.0 Å². The van der Waals surface area contributed by atoms with E-state index in [4.69, 9.17) is 9.47 Å². The maximum absolute atomic E-state index is 13.2. The van der Waals surface area contributed by atoms with Gasteiger partial charge in [0.25, 0.3) is 0 Å². The van der Waals surface area contributed by atoms with Crippen molar-refractivity contribution in [3.63, 3.8) is 0 Å². The lowest BCUT2D eigenvalue weighted by atomic mass is 9.83. The van der Waals surface area contributed by atoms with Crippen LogP contribution in [0.4, 0.5) is 0 Å². The van der Waals surface area contributed by atoms with E-state index in [2.05, 4.69) is 0 Å². The average Bonchev–Trinajstić information content (AvgIpc) is 2.79. The fourth-order valence-corrected chi connectivity index (χ4v) is 4.01. The summed E-state index contributed by atoms with van der Waals surface area (Å²) in [5.74, 6) is -0.998. The second-order valence-corrected chi connectivity index (χ2v) is 8.83. The Balaban J connectivity index is 1.96. The number of carbonyl (C=O) groups is 3. The highest BCUT2D eigenvalue weighted by atomic mass is 16.5. The molecule has 1 atom stereocenters. The van der Waals surface area contributed by atoms with Gasteiger partial charge in [-0.25, -0.2) is 9.59 Å². The average molecular weight is 450 g/mol. The van der Waals surface area contributed by atoms with E-state index in [1.165, 1.54) is 7.11 Å². The van der Waals surface area contributed by atoms with E-state index in [0.29, 0.717) is 30.0 Å². The number of amides is 1. The van der Waals surface area contributed by atoms with E-state index < -0.39 is 5.97 Å². The number of hydrogen-bond acceptors (Lipinski definition) is 5. The molecule has 2 aromatic rings. The van der Waals surface area contributed by atoms with Crippen LogP contribution in [0, 0.1) is 12.8 Å². The van der Waals surface area contributed by atoms with Gasteiger partial charge in [0.2, 0.25) is 5.91 Å². The second-order valence-electron chi connectivity index (χ2n) is 8.83. The summed E-state index contributed by atoms with van der Waals surface area (Å²) in [5.41, 5.74) is 4.41. The number of ether oxygens (including phenoxy) is 2. The highest BCUT2D eigenvalue weighted by Gasteiger charge is 2.37. The van der Waals surface area contributed by atoms with E-state index in [1.54, 1.807) is 36.1 Å². The van der Waals surface area contributed by atoms with E-state index in [0.717, 1.165) is 16.7 Å². The zero-order valence-corrected chi connectivity index (χ0v) is 19.9.